The van der Waals surface area contributed by atoms with Gasteiger partial charge >= 0.3 is 0 Å². The molecule has 1 aliphatic carbocycles. The molecule has 0 unspecified atom stereocenters. The van der Waals surface area contributed by atoms with Gasteiger partial charge in [0.1, 0.15) is 0 Å². The van der Waals surface area contributed by atoms with E-state index in [0.29, 0.717) is 0 Å². The summed E-state index contributed by atoms with van der Waals surface area (Å²) in [7, 11) is 0. The second kappa shape index (κ2) is 4.95. The van der Waals surface area contributed by atoms with Crippen LogP contribution in [0.25, 0.3) is 0 Å². The Bertz CT molecular complexity index is 99.3. The second-order valence-electron chi connectivity index (χ2n) is 3.07. The molecule has 0 aromatic carbocycles. The number of rotatable bonds is 1. The summed E-state index contributed by atoms with van der Waals surface area (Å²) in [5, 5.41) is 0. The molecule has 0 bridgehead atoms. The standard InChI is InChI=1S/C9H15Br/c10-8-7-9-5-3-1-2-4-6-9/h7-9H,1-6H2/b8-7+. The maximum Gasteiger partial charge on any atom is -0.0225 e. The smallest absolute Gasteiger partial charge is 0.0225 e. The number of allylic oxidation sites excluding steroid dienone is 1. The summed E-state index contributed by atoms with van der Waals surface area (Å²) in [6.45, 7) is 0. The molecule has 0 amide bonds. The van der Waals surface area contributed by atoms with Crippen LogP contribution in [0.5, 0.6) is 0 Å². The van der Waals surface area contributed by atoms with Crippen molar-refractivity contribution < 1.29 is 0 Å². The first-order valence-electron chi connectivity index (χ1n) is 4.20. The van der Waals surface area contributed by atoms with Crippen molar-refractivity contribution in [3.63, 3.8) is 0 Å². The highest BCUT2D eigenvalue weighted by Gasteiger charge is 2.07. The van der Waals surface area contributed by atoms with E-state index in [1.54, 1.807) is 0 Å². The minimum atomic E-state index is 0.863. The van der Waals surface area contributed by atoms with Gasteiger partial charge in [0.25, 0.3) is 0 Å². The Balaban J connectivity index is 2.28. The van der Waals surface area contributed by atoms with E-state index in [1.807, 2.05) is 4.99 Å². The topological polar surface area (TPSA) is 0 Å². The van der Waals surface area contributed by atoms with E-state index in [9.17, 15) is 0 Å². The summed E-state index contributed by atoms with van der Waals surface area (Å²) in [6.07, 6.45) is 10.9. The molecule has 1 rings (SSSR count). The third-order valence-electron chi connectivity index (χ3n) is 2.24. The predicted octanol–water partition coefficient (Wildman–Crippen LogP) is 3.87. The van der Waals surface area contributed by atoms with E-state index >= 15 is 0 Å². The number of hydrogen-bond donors (Lipinski definition) is 0. The van der Waals surface area contributed by atoms with Crippen LogP contribution in [0.3, 0.4) is 0 Å². The Hall–Kier alpha value is 0.220. The SMILES string of the molecule is Br/C=C/C1CCCCCC1. The quantitative estimate of drug-likeness (QED) is 0.567. The van der Waals surface area contributed by atoms with E-state index in [2.05, 4.69) is 22.0 Å². The molecule has 0 saturated heterocycles. The van der Waals surface area contributed by atoms with Gasteiger partial charge in [0, 0.05) is 0 Å². The van der Waals surface area contributed by atoms with E-state index in [0.717, 1.165) is 5.92 Å². The van der Waals surface area contributed by atoms with Gasteiger partial charge in [0.15, 0.2) is 0 Å². The Morgan fingerprint density at radius 3 is 2.10 bits per heavy atom. The summed E-state index contributed by atoms with van der Waals surface area (Å²) in [4.78, 5) is 2.02. The highest BCUT2D eigenvalue weighted by Crippen LogP contribution is 2.23. The van der Waals surface area contributed by atoms with Crippen LogP contribution in [0.4, 0.5) is 0 Å². The van der Waals surface area contributed by atoms with Gasteiger partial charge < -0.3 is 0 Å². The van der Waals surface area contributed by atoms with E-state index in [4.69, 9.17) is 0 Å². The van der Waals surface area contributed by atoms with Gasteiger partial charge in [-0.3, -0.25) is 0 Å². The monoisotopic (exact) mass is 202 g/mol. The van der Waals surface area contributed by atoms with Crippen LogP contribution < -0.4 is 0 Å². The van der Waals surface area contributed by atoms with Crippen LogP contribution in [-0.2, 0) is 0 Å². The van der Waals surface area contributed by atoms with Gasteiger partial charge in [0.05, 0.1) is 0 Å². The first-order valence-corrected chi connectivity index (χ1v) is 5.12. The van der Waals surface area contributed by atoms with Gasteiger partial charge in [-0.2, -0.15) is 0 Å². The molecule has 0 radical (unpaired) electrons. The molecule has 0 atom stereocenters. The highest BCUT2D eigenvalue weighted by molar-refractivity contribution is 9.11. The average Bonchev–Trinajstić information content (AvgIpc) is 2.17. The molecule has 58 valence electrons. The van der Waals surface area contributed by atoms with E-state index in [-0.39, 0.29) is 0 Å². The Kier molecular flexibility index (Phi) is 4.12. The molecule has 1 fully saturated rings. The van der Waals surface area contributed by atoms with Crippen LogP contribution >= 0.6 is 15.9 Å². The van der Waals surface area contributed by atoms with Crippen molar-refractivity contribution in [2.45, 2.75) is 38.5 Å². The van der Waals surface area contributed by atoms with Crippen molar-refractivity contribution in [2.24, 2.45) is 5.92 Å². The van der Waals surface area contributed by atoms with Gasteiger partial charge in [-0.05, 0) is 23.7 Å². The van der Waals surface area contributed by atoms with Crippen molar-refractivity contribution in [3.05, 3.63) is 11.1 Å². The molecule has 10 heavy (non-hydrogen) atoms. The maximum atomic E-state index is 3.33. The zero-order valence-corrected chi connectivity index (χ0v) is 7.94. The van der Waals surface area contributed by atoms with E-state index in [1.165, 1.54) is 38.5 Å². The minimum Gasteiger partial charge on any atom is -0.0745 e. The average molecular weight is 203 g/mol. The van der Waals surface area contributed by atoms with Crippen LogP contribution in [0.2, 0.25) is 0 Å². The zero-order valence-electron chi connectivity index (χ0n) is 6.35. The molecular formula is C9H15Br. The fourth-order valence-corrected chi connectivity index (χ4v) is 2.04. The Morgan fingerprint density at radius 1 is 1.00 bits per heavy atom. The van der Waals surface area contributed by atoms with Crippen LogP contribution in [-0.4, -0.2) is 0 Å². The first-order chi connectivity index (χ1) is 4.93. The largest absolute Gasteiger partial charge is 0.0745 e. The molecule has 0 nitrogen and oxygen atoms in total. The zero-order chi connectivity index (χ0) is 7.23. The van der Waals surface area contributed by atoms with Crippen LogP contribution in [0.1, 0.15) is 38.5 Å². The lowest BCUT2D eigenvalue weighted by Gasteiger charge is -2.05. The van der Waals surface area contributed by atoms with Crippen LogP contribution in [0, 0.1) is 5.92 Å². The van der Waals surface area contributed by atoms with Gasteiger partial charge in [-0.25, -0.2) is 0 Å². The number of halogens is 1. The molecule has 1 heteroatoms. The van der Waals surface area contributed by atoms with E-state index < -0.39 is 0 Å². The van der Waals surface area contributed by atoms with Gasteiger partial charge in [-0.15, -0.1) is 0 Å². The molecule has 1 aliphatic rings. The molecular weight excluding hydrogens is 188 g/mol. The second-order valence-corrected chi connectivity index (χ2v) is 3.60. The first kappa shape index (κ1) is 8.32. The molecule has 0 spiro atoms. The fraction of sp³-hybridized carbons (Fsp3) is 0.778. The summed E-state index contributed by atoms with van der Waals surface area (Å²) in [5.74, 6) is 0.863. The Morgan fingerprint density at radius 2 is 1.60 bits per heavy atom. The maximum absolute atomic E-state index is 3.33. The lowest BCUT2D eigenvalue weighted by Crippen LogP contribution is -1.91. The molecule has 0 aromatic rings. The lowest BCUT2D eigenvalue weighted by molar-refractivity contribution is 0.560. The third-order valence-corrected chi connectivity index (χ3v) is 2.55. The van der Waals surface area contributed by atoms with Gasteiger partial charge in [-0.1, -0.05) is 47.7 Å². The summed E-state index contributed by atoms with van der Waals surface area (Å²) >= 11 is 3.33. The molecule has 0 aliphatic heterocycles. The van der Waals surface area contributed by atoms with Crippen LogP contribution in [0.15, 0.2) is 11.1 Å². The van der Waals surface area contributed by atoms with Crippen molar-refractivity contribution in [3.8, 4) is 0 Å². The normalized spacial score (nSPS) is 23.3. The van der Waals surface area contributed by atoms with Crippen molar-refractivity contribution in [1.29, 1.82) is 0 Å². The predicted molar refractivity (Wildman–Crippen MR) is 49.3 cm³/mol. The molecule has 0 N–H and O–H groups in total. The highest BCUT2D eigenvalue weighted by atomic mass is 79.9. The number of hydrogen-bond acceptors (Lipinski definition) is 0. The minimum absolute atomic E-state index is 0.863. The third kappa shape index (κ3) is 2.87. The molecule has 0 aromatic heterocycles. The Labute approximate surface area is 71.8 Å². The van der Waals surface area contributed by atoms with Crippen molar-refractivity contribution in [1.82, 2.24) is 0 Å². The van der Waals surface area contributed by atoms with Gasteiger partial charge in [0.2, 0.25) is 0 Å². The lowest BCUT2D eigenvalue weighted by atomic mass is 10.0. The summed E-state index contributed by atoms with van der Waals surface area (Å²) < 4.78 is 0. The summed E-state index contributed by atoms with van der Waals surface area (Å²) in [5.41, 5.74) is 0. The fourth-order valence-electron chi connectivity index (χ4n) is 1.61. The molecule has 1 saturated carbocycles. The molecule has 0 heterocycles. The summed E-state index contributed by atoms with van der Waals surface area (Å²) in [6, 6.07) is 0. The van der Waals surface area contributed by atoms with Crippen molar-refractivity contribution >= 4 is 15.9 Å². The van der Waals surface area contributed by atoms with Crippen molar-refractivity contribution in [2.75, 3.05) is 0 Å².